The van der Waals surface area contributed by atoms with Gasteiger partial charge in [-0.3, -0.25) is 14.3 Å². The molecule has 1 amide bonds. The first-order chi connectivity index (χ1) is 17.2. The van der Waals surface area contributed by atoms with Crippen molar-refractivity contribution in [3.63, 3.8) is 0 Å². The van der Waals surface area contributed by atoms with Crippen LogP contribution in [-0.4, -0.2) is 25.1 Å². The maximum atomic E-state index is 13.3. The van der Waals surface area contributed by atoms with Crippen molar-refractivity contribution in [1.82, 2.24) is 19.2 Å². The first-order valence-corrected chi connectivity index (χ1v) is 12.9. The Balaban J connectivity index is 1.49. The SMILES string of the molecule is Cc1ccc(S(F)(F)(F)(F)F)cc1C(=O)Nc1ccc(C)c(-n2ccn3nc(-c4cccnc4)cc23)c1. The molecule has 0 bridgehead atoms. The van der Waals surface area contributed by atoms with Crippen LogP contribution in [0.5, 0.6) is 0 Å². The minimum atomic E-state index is -9.94. The number of aromatic nitrogens is 4. The summed E-state index contributed by atoms with van der Waals surface area (Å²) in [5.74, 6) is -0.933. The largest absolute Gasteiger partial charge is 0.322 e. The second kappa shape index (κ2) is 7.65. The van der Waals surface area contributed by atoms with Gasteiger partial charge < -0.3 is 5.32 Å². The first kappa shape index (κ1) is 24.5. The van der Waals surface area contributed by atoms with E-state index in [9.17, 15) is 24.2 Å². The predicted octanol–water partition coefficient (Wildman–Crippen LogP) is 7.71. The van der Waals surface area contributed by atoms with E-state index in [1.54, 1.807) is 53.6 Å². The normalized spacial score (nSPS) is 13.8. The highest BCUT2D eigenvalue weighted by Crippen LogP contribution is 3.02. The molecule has 3 aromatic heterocycles. The summed E-state index contributed by atoms with van der Waals surface area (Å²) in [6, 6.07) is 11.9. The van der Waals surface area contributed by atoms with Crippen LogP contribution in [0.2, 0.25) is 0 Å². The summed E-state index contributed by atoms with van der Waals surface area (Å²) in [5, 5.41) is 7.08. The van der Waals surface area contributed by atoms with Crippen LogP contribution in [0.1, 0.15) is 21.5 Å². The molecule has 0 unspecified atom stereocenters. The summed E-state index contributed by atoms with van der Waals surface area (Å²) < 4.78 is 70.0. The summed E-state index contributed by atoms with van der Waals surface area (Å²) in [7, 11) is -9.94. The van der Waals surface area contributed by atoms with Gasteiger partial charge in [0.25, 0.3) is 5.91 Å². The molecule has 5 aromatic rings. The number of carbonyl (C=O) groups is 1. The molecular weight excluding hydrogens is 513 g/mol. The molecule has 0 aliphatic heterocycles. The lowest BCUT2D eigenvalue weighted by Gasteiger charge is -2.40. The van der Waals surface area contributed by atoms with E-state index in [4.69, 9.17) is 0 Å². The molecule has 0 fully saturated rings. The van der Waals surface area contributed by atoms with E-state index in [1.807, 2.05) is 23.6 Å². The molecule has 12 heteroatoms. The van der Waals surface area contributed by atoms with Gasteiger partial charge in [0.15, 0.2) is 0 Å². The van der Waals surface area contributed by atoms with Crippen LogP contribution < -0.4 is 5.32 Å². The van der Waals surface area contributed by atoms with Gasteiger partial charge in [-0.25, -0.2) is 4.52 Å². The molecule has 192 valence electrons. The smallest absolute Gasteiger partial charge is 0.310 e. The fourth-order valence-electron chi connectivity index (χ4n) is 3.97. The third kappa shape index (κ3) is 4.79. The topological polar surface area (TPSA) is 64.2 Å². The van der Waals surface area contributed by atoms with E-state index in [0.717, 1.165) is 22.8 Å². The molecule has 6 nitrogen and oxygen atoms in total. The van der Waals surface area contributed by atoms with Crippen molar-refractivity contribution in [3.05, 3.63) is 96.1 Å². The van der Waals surface area contributed by atoms with Crippen molar-refractivity contribution >= 4 is 27.5 Å². The Morgan fingerprint density at radius 3 is 2.38 bits per heavy atom. The average Bonchev–Trinajstić information content (AvgIpc) is 3.41. The second-order valence-corrected chi connectivity index (χ2v) is 11.1. The van der Waals surface area contributed by atoms with Crippen LogP contribution >= 0.6 is 10.2 Å². The Kier molecular flexibility index (Phi) is 5.07. The van der Waals surface area contributed by atoms with Gasteiger partial charge in [-0.1, -0.05) is 31.6 Å². The Morgan fingerprint density at radius 1 is 0.919 bits per heavy atom. The highest BCUT2D eigenvalue weighted by Gasteiger charge is 2.65. The van der Waals surface area contributed by atoms with E-state index >= 15 is 0 Å². The molecule has 0 atom stereocenters. The molecule has 0 aliphatic rings. The number of pyridine rings is 1. The number of nitrogens with one attached hydrogen (secondary N) is 1. The molecule has 0 radical (unpaired) electrons. The fraction of sp³-hybridized carbons (Fsp3) is 0.0800. The Hall–Kier alpha value is -4.19. The van der Waals surface area contributed by atoms with Gasteiger partial charge in [0, 0.05) is 47.7 Å². The van der Waals surface area contributed by atoms with Crippen LogP contribution in [0.3, 0.4) is 0 Å². The van der Waals surface area contributed by atoms with Crippen molar-refractivity contribution in [2.24, 2.45) is 0 Å². The molecule has 0 saturated carbocycles. The number of halogens is 5. The van der Waals surface area contributed by atoms with Crippen LogP contribution in [0, 0.1) is 13.8 Å². The highest BCUT2D eigenvalue weighted by molar-refractivity contribution is 8.45. The summed E-state index contributed by atoms with van der Waals surface area (Å²) in [4.78, 5) is 14.8. The minimum Gasteiger partial charge on any atom is -0.322 e. The van der Waals surface area contributed by atoms with Crippen LogP contribution in [0.25, 0.3) is 22.6 Å². The number of anilines is 1. The zero-order valence-electron chi connectivity index (χ0n) is 19.5. The number of carbonyl (C=O) groups excluding carboxylic acids is 1. The number of imidazole rings is 1. The summed E-state index contributed by atoms with van der Waals surface area (Å²) in [5.41, 5.74) is 3.71. The number of hydrogen-bond acceptors (Lipinski definition) is 3. The Morgan fingerprint density at radius 2 is 1.68 bits per heavy atom. The van der Waals surface area contributed by atoms with Crippen LogP contribution in [0.15, 0.2) is 84.3 Å². The number of nitrogens with zero attached hydrogens (tertiary/aromatic N) is 4. The Labute approximate surface area is 208 Å². The van der Waals surface area contributed by atoms with Gasteiger partial charge in [-0.05, 0) is 61.4 Å². The molecule has 0 aliphatic carbocycles. The minimum absolute atomic E-state index is 0.129. The number of benzene rings is 2. The van der Waals surface area contributed by atoms with Crippen LogP contribution in [-0.2, 0) is 0 Å². The molecule has 1 N–H and O–H groups in total. The van der Waals surface area contributed by atoms with Gasteiger partial charge in [0.1, 0.15) is 10.5 Å². The van der Waals surface area contributed by atoms with E-state index in [0.29, 0.717) is 17.4 Å². The molecule has 37 heavy (non-hydrogen) atoms. The van der Waals surface area contributed by atoms with E-state index in [1.165, 1.54) is 6.92 Å². The third-order valence-corrected chi connectivity index (χ3v) is 7.05. The zero-order valence-corrected chi connectivity index (χ0v) is 20.3. The molecule has 2 aromatic carbocycles. The summed E-state index contributed by atoms with van der Waals surface area (Å²) >= 11 is 0. The fourth-order valence-corrected chi connectivity index (χ4v) is 4.64. The molecule has 0 saturated heterocycles. The molecule has 5 rings (SSSR count). The lowest BCUT2D eigenvalue weighted by molar-refractivity contribution is 0.102. The van der Waals surface area contributed by atoms with Gasteiger partial charge in [-0.15, -0.1) is 0 Å². The highest BCUT2D eigenvalue weighted by atomic mass is 32.5. The second-order valence-electron chi connectivity index (χ2n) is 8.64. The van der Waals surface area contributed by atoms with Gasteiger partial charge in [0.2, 0.25) is 0 Å². The number of aryl methyl sites for hydroxylation is 2. The maximum Gasteiger partial charge on any atom is 0.310 e. The molecule has 0 spiro atoms. The number of fused-ring (bicyclic) bond motifs is 1. The van der Waals surface area contributed by atoms with Gasteiger partial charge in [-0.2, -0.15) is 5.10 Å². The quantitative estimate of drug-likeness (QED) is 0.235. The maximum absolute atomic E-state index is 13.3. The zero-order chi connectivity index (χ0) is 26.7. The molecule has 3 heterocycles. The van der Waals surface area contributed by atoms with Gasteiger partial charge in [0.05, 0.1) is 11.4 Å². The van der Waals surface area contributed by atoms with E-state index in [-0.39, 0.29) is 17.3 Å². The number of hydrogen-bond donors (Lipinski definition) is 1. The molecular formula is C25H20F5N5OS. The standard InChI is InChI=1S/C25H20F5N5OS/c1-16-6-8-20(37(26,27,28,29)30)13-21(16)25(36)32-19-7-5-17(2)23(12-19)34-10-11-35-24(34)14-22(33-35)18-4-3-9-31-15-18/h3-15H,1-2H3,(H,32,36). The van der Waals surface area contributed by atoms with Gasteiger partial charge >= 0.3 is 10.2 Å². The summed E-state index contributed by atoms with van der Waals surface area (Å²) in [6.07, 6.45) is 6.90. The monoisotopic (exact) mass is 533 g/mol. The van der Waals surface area contributed by atoms with Crippen molar-refractivity contribution in [3.8, 4) is 16.9 Å². The predicted molar refractivity (Wildman–Crippen MR) is 133 cm³/mol. The first-order valence-electron chi connectivity index (χ1n) is 10.9. The van der Waals surface area contributed by atoms with Crippen molar-refractivity contribution in [2.45, 2.75) is 18.7 Å². The lowest BCUT2D eigenvalue weighted by atomic mass is 10.1. The average molecular weight is 534 g/mol. The van der Waals surface area contributed by atoms with Crippen molar-refractivity contribution in [2.75, 3.05) is 5.32 Å². The Bertz CT molecular complexity index is 1680. The van der Waals surface area contributed by atoms with Crippen molar-refractivity contribution in [1.29, 1.82) is 0 Å². The van der Waals surface area contributed by atoms with E-state index in [2.05, 4.69) is 15.4 Å². The summed E-state index contributed by atoms with van der Waals surface area (Å²) in [6.45, 7) is 3.23. The van der Waals surface area contributed by atoms with E-state index < -0.39 is 26.6 Å². The lowest BCUT2D eigenvalue weighted by Crippen LogP contribution is -2.15. The van der Waals surface area contributed by atoms with Crippen molar-refractivity contribution < 1.29 is 24.2 Å². The third-order valence-electron chi connectivity index (χ3n) is 5.90. The van der Waals surface area contributed by atoms with Crippen LogP contribution in [0.4, 0.5) is 25.1 Å². The number of rotatable bonds is 5. The number of amides is 1.